The average Bonchev–Trinajstić information content (AvgIpc) is 3.22. The van der Waals surface area contributed by atoms with Crippen molar-refractivity contribution >= 4 is 11.3 Å². The van der Waals surface area contributed by atoms with Crippen molar-refractivity contribution in [1.29, 1.82) is 0 Å². The van der Waals surface area contributed by atoms with E-state index in [0.29, 0.717) is 12.2 Å². The summed E-state index contributed by atoms with van der Waals surface area (Å²) in [4.78, 5) is 2.65. The Kier molecular flexibility index (Phi) is 4.27. The number of nitrogens with one attached hydrogen (secondary N) is 1. The lowest BCUT2D eigenvalue weighted by molar-refractivity contribution is 0.305. The zero-order chi connectivity index (χ0) is 14.8. The highest BCUT2D eigenvalue weighted by atomic mass is 32.1. The van der Waals surface area contributed by atoms with Crippen molar-refractivity contribution in [2.24, 2.45) is 0 Å². The van der Waals surface area contributed by atoms with E-state index in [4.69, 9.17) is 4.74 Å². The molecule has 2 nitrogen and oxygen atoms in total. The molecular formula is C17H20FNOS. The molecule has 0 aliphatic heterocycles. The highest BCUT2D eigenvalue weighted by Gasteiger charge is 2.20. The van der Waals surface area contributed by atoms with Crippen LogP contribution in [0.4, 0.5) is 4.39 Å². The Morgan fingerprint density at radius 3 is 2.81 bits per heavy atom. The summed E-state index contributed by atoms with van der Waals surface area (Å²) in [7, 11) is 0. The zero-order valence-electron chi connectivity index (χ0n) is 12.4. The summed E-state index contributed by atoms with van der Waals surface area (Å²) in [5, 5.41) is 3.53. The highest BCUT2D eigenvalue weighted by Crippen LogP contribution is 2.25. The van der Waals surface area contributed by atoms with Gasteiger partial charge in [-0.15, -0.1) is 11.3 Å². The number of hydrogen-bond donors (Lipinski definition) is 1. The Labute approximate surface area is 129 Å². The molecule has 112 valence electrons. The van der Waals surface area contributed by atoms with E-state index >= 15 is 0 Å². The molecule has 4 heteroatoms. The minimum absolute atomic E-state index is 0.192. The molecule has 1 N–H and O–H groups in total. The smallest absolute Gasteiger partial charge is 0.126 e. The van der Waals surface area contributed by atoms with E-state index in [1.165, 1.54) is 34.2 Å². The first-order valence-corrected chi connectivity index (χ1v) is 8.14. The van der Waals surface area contributed by atoms with Gasteiger partial charge in [0.1, 0.15) is 18.2 Å². The first-order chi connectivity index (χ1) is 10.1. The fraction of sp³-hybridized carbons (Fsp3) is 0.412. The molecule has 1 aliphatic carbocycles. The third-order valence-electron chi connectivity index (χ3n) is 3.74. The van der Waals surface area contributed by atoms with Gasteiger partial charge in [-0.3, -0.25) is 0 Å². The van der Waals surface area contributed by atoms with Gasteiger partial charge in [0.05, 0.1) is 0 Å². The van der Waals surface area contributed by atoms with Gasteiger partial charge in [0.25, 0.3) is 0 Å². The lowest BCUT2D eigenvalue weighted by Gasteiger charge is -2.07. The van der Waals surface area contributed by atoms with E-state index in [1.54, 1.807) is 19.1 Å². The summed E-state index contributed by atoms with van der Waals surface area (Å²) in [5.74, 6) is 0.527. The van der Waals surface area contributed by atoms with Crippen LogP contribution in [0.25, 0.3) is 0 Å². The van der Waals surface area contributed by atoms with E-state index in [9.17, 15) is 4.39 Å². The SMILES string of the molecule is Cc1cc(OCc2cc(CNC3CC3)sc2C)ccc1F. The predicted molar refractivity (Wildman–Crippen MR) is 84.4 cm³/mol. The molecule has 0 bridgehead atoms. The Morgan fingerprint density at radius 2 is 2.10 bits per heavy atom. The molecule has 0 amide bonds. The van der Waals surface area contributed by atoms with Gasteiger partial charge in [0.15, 0.2) is 0 Å². The number of ether oxygens (including phenoxy) is 1. The van der Waals surface area contributed by atoms with Crippen molar-refractivity contribution in [1.82, 2.24) is 5.32 Å². The Balaban J connectivity index is 1.59. The molecule has 1 saturated carbocycles. The second-order valence-corrected chi connectivity index (χ2v) is 6.99. The molecule has 0 spiro atoms. The molecule has 2 aromatic rings. The van der Waals surface area contributed by atoms with Gasteiger partial charge in [-0.2, -0.15) is 0 Å². The van der Waals surface area contributed by atoms with Gasteiger partial charge in [0.2, 0.25) is 0 Å². The highest BCUT2D eigenvalue weighted by molar-refractivity contribution is 7.12. The molecule has 3 rings (SSSR count). The summed E-state index contributed by atoms with van der Waals surface area (Å²) in [6.45, 7) is 5.36. The van der Waals surface area contributed by atoms with Crippen LogP contribution in [0.5, 0.6) is 5.75 Å². The first kappa shape index (κ1) is 14.5. The molecule has 1 aromatic heterocycles. The number of hydrogen-bond acceptors (Lipinski definition) is 3. The fourth-order valence-electron chi connectivity index (χ4n) is 2.22. The van der Waals surface area contributed by atoms with Gasteiger partial charge in [0, 0.05) is 27.9 Å². The second kappa shape index (κ2) is 6.16. The van der Waals surface area contributed by atoms with Crippen LogP contribution < -0.4 is 10.1 Å². The number of thiophene rings is 1. The second-order valence-electron chi connectivity index (χ2n) is 5.65. The van der Waals surface area contributed by atoms with Crippen LogP contribution in [0.2, 0.25) is 0 Å². The van der Waals surface area contributed by atoms with Crippen LogP contribution in [-0.4, -0.2) is 6.04 Å². The Morgan fingerprint density at radius 1 is 1.29 bits per heavy atom. The molecule has 21 heavy (non-hydrogen) atoms. The largest absolute Gasteiger partial charge is 0.489 e. The fourth-order valence-corrected chi connectivity index (χ4v) is 3.22. The van der Waals surface area contributed by atoms with E-state index in [0.717, 1.165) is 18.3 Å². The summed E-state index contributed by atoms with van der Waals surface area (Å²) in [6, 6.07) is 7.82. The molecule has 1 heterocycles. The third-order valence-corrected chi connectivity index (χ3v) is 4.83. The van der Waals surface area contributed by atoms with Crippen LogP contribution in [0.15, 0.2) is 24.3 Å². The molecular weight excluding hydrogens is 285 g/mol. The van der Waals surface area contributed by atoms with Gasteiger partial charge >= 0.3 is 0 Å². The molecule has 0 saturated heterocycles. The molecule has 0 radical (unpaired) electrons. The van der Waals surface area contributed by atoms with Gasteiger partial charge in [-0.25, -0.2) is 4.39 Å². The molecule has 1 aromatic carbocycles. The minimum atomic E-state index is -0.192. The van der Waals surface area contributed by atoms with Crippen LogP contribution in [0.3, 0.4) is 0 Å². The number of aryl methyl sites for hydroxylation is 2. The Bertz CT molecular complexity index is 634. The van der Waals surface area contributed by atoms with E-state index < -0.39 is 0 Å². The topological polar surface area (TPSA) is 21.3 Å². The molecule has 0 unspecified atom stereocenters. The van der Waals surface area contributed by atoms with Gasteiger partial charge < -0.3 is 10.1 Å². The van der Waals surface area contributed by atoms with Crippen LogP contribution in [0.1, 0.15) is 33.7 Å². The summed E-state index contributed by atoms with van der Waals surface area (Å²) in [5.41, 5.74) is 1.83. The maximum Gasteiger partial charge on any atom is 0.126 e. The lowest BCUT2D eigenvalue weighted by Crippen LogP contribution is -2.14. The van der Waals surface area contributed by atoms with Crippen molar-refractivity contribution in [2.75, 3.05) is 0 Å². The zero-order valence-corrected chi connectivity index (χ0v) is 13.2. The summed E-state index contributed by atoms with van der Waals surface area (Å²) < 4.78 is 19.0. The monoisotopic (exact) mass is 305 g/mol. The number of benzene rings is 1. The quantitative estimate of drug-likeness (QED) is 0.857. The normalized spacial score (nSPS) is 14.4. The summed E-state index contributed by atoms with van der Waals surface area (Å²) in [6.07, 6.45) is 2.62. The predicted octanol–water partition coefficient (Wildman–Crippen LogP) is 4.34. The molecule has 1 fully saturated rings. The van der Waals surface area contributed by atoms with Crippen LogP contribution >= 0.6 is 11.3 Å². The first-order valence-electron chi connectivity index (χ1n) is 7.32. The number of rotatable bonds is 6. The van der Waals surface area contributed by atoms with E-state index in [2.05, 4.69) is 18.3 Å². The lowest BCUT2D eigenvalue weighted by atomic mass is 10.2. The van der Waals surface area contributed by atoms with Gasteiger partial charge in [-0.1, -0.05) is 0 Å². The van der Waals surface area contributed by atoms with Gasteiger partial charge in [-0.05, 0) is 56.5 Å². The van der Waals surface area contributed by atoms with Crippen molar-refractivity contribution < 1.29 is 9.13 Å². The van der Waals surface area contributed by atoms with Crippen molar-refractivity contribution in [3.8, 4) is 5.75 Å². The average molecular weight is 305 g/mol. The third kappa shape index (κ3) is 3.83. The standard InChI is InChI=1S/C17H20FNOS/c1-11-7-15(5-6-17(11)18)20-10-13-8-16(21-12(13)2)9-19-14-3-4-14/h5-8,14,19H,3-4,9-10H2,1-2H3. The minimum Gasteiger partial charge on any atom is -0.489 e. The van der Waals surface area contributed by atoms with Crippen LogP contribution in [0, 0.1) is 19.7 Å². The van der Waals surface area contributed by atoms with Crippen LogP contribution in [-0.2, 0) is 13.2 Å². The van der Waals surface area contributed by atoms with E-state index in [1.807, 2.05) is 11.3 Å². The maximum atomic E-state index is 13.2. The number of halogens is 1. The molecule has 1 aliphatic rings. The molecule has 0 atom stereocenters. The maximum absolute atomic E-state index is 13.2. The van der Waals surface area contributed by atoms with Crippen molar-refractivity contribution in [2.45, 2.75) is 45.9 Å². The Hall–Kier alpha value is -1.39. The van der Waals surface area contributed by atoms with Crippen molar-refractivity contribution in [3.63, 3.8) is 0 Å². The van der Waals surface area contributed by atoms with Crippen molar-refractivity contribution in [3.05, 3.63) is 51.0 Å². The van der Waals surface area contributed by atoms with E-state index in [-0.39, 0.29) is 5.82 Å². The summed E-state index contributed by atoms with van der Waals surface area (Å²) >= 11 is 1.82.